The summed E-state index contributed by atoms with van der Waals surface area (Å²) in [6, 6.07) is 15.4. The fourth-order valence-electron chi connectivity index (χ4n) is 1.80. The molecule has 0 radical (unpaired) electrons. The minimum atomic E-state index is 0.712. The van der Waals surface area contributed by atoms with Gasteiger partial charge in [-0.25, -0.2) is 0 Å². The molecule has 2 nitrogen and oxygen atoms in total. The molecule has 0 bridgehead atoms. The molecule has 4 heteroatoms. The Hall–Kier alpha value is -1.33. The predicted molar refractivity (Wildman–Crippen MR) is 86.0 cm³/mol. The number of hydrogen-bond acceptors (Lipinski definition) is 2. The van der Waals surface area contributed by atoms with E-state index in [1.165, 1.54) is 0 Å². The van der Waals surface area contributed by atoms with Crippen molar-refractivity contribution < 1.29 is 4.74 Å². The van der Waals surface area contributed by atoms with Gasteiger partial charge in [0.1, 0.15) is 11.5 Å². The van der Waals surface area contributed by atoms with Gasteiger partial charge in [-0.15, -0.1) is 0 Å². The summed E-state index contributed by atoms with van der Waals surface area (Å²) in [6.07, 6.45) is 1.77. The first-order valence-electron chi connectivity index (χ1n) is 5.71. The van der Waals surface area contributed by atoms with E-state index < -0.39 is 0 Å². The van der Waals surface area contributed by atoms with E-state index in [1.807, 2.05) is 48.5 Å². The molecule has 0 atom stereocenters. The molecule has 0 unspecified atom stereocenters. The first kappa shape index (κ1) is 12.7. The maximum atomic E-state index is 6.30. The fraction of sp³-hybridized carbons (Fsp3) is 0. The zero-order valence-electron chi connectivity index (χ0n) is 9.81. The number of nitrogens with zero attached hydrogens (tertiary/aromatic N) is 1. The highest BCUT2D eigenvalue weighted by molar-refractivity contribution is 14.1. The number of ether oxygens (including phenoxy) is 1. The Morgan fingerprint density at radius 2 is 1.79 bits per heavy atom. The van der Waals surface area contributed by atoms with Gasteiger partial charge in [0.2, 0.25) is 0 Å². The Balaban J connectivity index is 2.04. The van der Waals surface area contributed by atoms with Gasteiger partial charge in [0.15, 0.2) is 0 Å². The molecule has 0 N–H and O–H groups in total. The van der Waals surface area contributed by atoms with Crippen LogP contribution in [0.3, 0.4) is 0 Å². The average Bonchev–Trinajstić information content (AvgIpc) is 2.45. The lowest BCUT2D eigenvalue weighted by atomic mass is 10.2. The highest BCUT2D eigenvalue weighted by Gasteiger charge is 2.06. The first-order valence-corrected chi connectivity index (χ1v) is 7.16. The zero-order chi connectivity index (χ0) is 13.2. The van der Waals surface area contributed by atoms with Crippen LogP contribution < -0.4 is 4.74 Å². The van der Waals surface area contributed by atoms with Crippen LogP contribution in [0.2, 0.25) is 5.02 Å². The van der Waals surface area contributed by atoms with Gasteiger partial charge in [-0.1, -0.05) is 29.8 Å². The molecule has 0 fully saturated rings. The van der Waals surface area contributed by atoms with Crippen molar-refractivity contribution in [3.05, 3.63) is 63.3 Å². The molecular weight excluding hydrogens is 373 g/mol. The van der Waals surface area contributed by atoms with Gasteiger partial charge < -0.3 is 4.74 Å². The predicted octanol–water partition coefficient (Wildman–Crippen LogP) is 5.29. The lowest BCUT2D eigenvalue weighted by Gasteiger charge is -2.07. The minimum Gasteiger partial charge on any atom is -0.457 e. The summed E-state index contributed by atoms with van der Waals surface area (Å²) in [5.74, 6) is 1.56. The van der Waals surface area contributed by atoms with Crippen molar-refractivity contribution in [3.63, 3.8) is 0 Å². The van der Waals surface area contributed by atoms with Gasteiger partial charge in [0.25, 0.3) is 0 Å². The Kier molecular flexibility index (Phi) is 3.57. The summed E-state index contributed by atoms with van der Waals surface area (Å²) in [6.45, 7) is 0. The molecular formula is C15H9ClINO. The Morgan fingerprint density at radius 1 is 1.00 bits per heavy atom. The number of pyridine rings is 1. The number of benzene rings is 2. The molecule has 0 aliphatic rings. The Bertz CT molecular complexity index is 731. The lowest BCUT2D eigenvalue weighted by molar-refractivity contribution is 0.483. The molecule has 0 saturated carbocycles. The van der Waals surface area contributed by atoms with Crippen molar-refractivity contribution in [1.82, 2.24) is 4.98 Å². The summed E-state index contributed by atoms with van der Waals surface area (Å²) in [5, 5.41) is 1.62. The van der Waals surface area contributed by atoms with Crippen LogP contribution in [0.1, 0.15) is 0 Å². The molecule has 3 aromatic rings. The van der Waals surface area contributed by atoms with E-state index in [9.17, 15) is 0 Å². The van der Waals surface area contributed by atoms with E-state index in [2.05, 4.69) is 27.6 Å². The van der Waals surface area contributed by atoms with Gasteiger partial charge in [0, 0.05) is 11.6 Å². The van der Waals surface area contributed by atoms with Crippen molar-refractivity contribution in [2.45, 2.75) is 0 Å². The number of hydrogen-bond donors (Lipinski definition) is 0. The van der Waals surface area contributed by atoms with E-state index >= 15 is 0 Å². The van der Waals surface area contributed by atoms with Crippen LogP contribution in [0, 0.1) is 3.57 Å². The van der Waals surface area contributed by atoms with Crippen molar-refractivity contribution in [2.75, 3.05) is 0 Å². The normalized spacial score (nSPS) is 10.6. The first-order chi connectivity index (χ1) is 9.24. The second kappa shape index (κ2) is 5.35. The molecule has 19 heavy (non-hydrogen) atoms. The van der Waals surface area contributed by atoms with Crippen LogP contribution in [0.15, 0.2) is 54.7 Å². The second-order valence-corrected chi connectivity index (χ2v) is 5.55. The van der Waals surface area contributed by atoms with Crippen LogP contribution in [0.5, 0.6) is 11.5 Å². The third kappa shape index (κ3) is 2.67. The summed E-state index contributed by atoms with van der Waals surface area (Å²) < 4.78 is 6.73. The molecule has 0 saturated heterocycles. The second-order valence-electron chi connectivity index (χ2n) is 4.01. The van der Waals surface area contributed by atoms with E-state index in [0.717, 1.165) is 26.0 Å². The highest BCUT2D eigenvalue weighted by Crippen LogP contribution is 2.31. The summed E-state index contributed by atoms with van der Waals surface area (Å²) in [7, 11) is 0. The Morgan fingerprint density at radius 3 is 2.58 bits per heavy atom. The third-order valence-corrected chi connectivity index (χ3v) is 4.25. The lowest BCUT2D eigenvalue weighted by Crippen LogP contribution is -1.87. The SMILES string of the molecule is Clc1c(I)cnc2ccc(Oc3ccccc3)cc12. The van der Waals surface area contributed by atoms with E-state index in [0.29, 0.717) is 5.02 Å². The van der Waals surface area contributed by atoms with Gasteiger partial charge in [-0.3, -0.25) is 4.98 Å². The number of aromatic nitrogens is 1. The van der Waals surface area contributed by atoms with E-state index in [1.54, 1.807) is 6.20 Å². The van der Waals surface area contributed by atoms with Gasteiger partial charge in [0.05, 0.1) is 14.1 Å². The number of rotatable bonds is 2. The molecule has 2 aromatic carbocycles. The topological polar surface area (TPSA) is 22.1 Å². The average molecular weight is 382 g/mol. The van der Waals surface area contributed by atoms with Crippen molar-refractivity contribution >= 4 is 45.1 Å². The minimum absolute atomic E-state index is 0.712. The molecule has 0 spiro atoms. The largest absolute Gasteiger partial charge is 0.457 e. The van der Waals surface area contributed by atoms with Gasteiger partial charge in [-0.2, -0.15) is 0 Å². The highest BCUT2D eigenvalue weighted by atomic mass is 127. The van der Waals surface area contributed by atoms with Crippen molar-refractivity contribution in [2.24, 2.45) is 0 Å². The van der Waals surface area contributed by atoms with Gasteiger partial charge >= 0.3 is 0 Å². The van der Waals surface area contributed by atoms with Crippen LogP contribution in [0.4, 0.5) is 0 Å². The van der Waals surface area contributed by atoms with Crippen LogP contribution in [0.25, 0.3) is 10.9 Å². The Labute approximate surface area is 129 Å². The molecule has 1 aromatic heterocycles. The monoisotopic (exact) mass is 381 g/mol. The number of halogens is 2. The maximum absolute atomic E-state index is 6.30. The summed E-state index contributed by atoms with van der Waals surface area (Å²) in [5.41, 5.74) is 0.867. The molecule has 1 heterocycles. The van der Waals surface area contributed by atoms with Crippen LogP contribution >= 0.6 is 34.2 Å². The van der Waals surface area contributed by atoms with E-state index in [4.69, 9.17) is 16.3 Å². The molecule has 94 valence electrons. The van der Waals surface area contributed by atoms with Crippen LogP contribution in [-0.2, 0) is 0 Å². The standard InChI is InChI=1S/C15H9ClINO/c16-15-12-8-11(19-10-4-2-1-3-5-10)6-7-14(12)18-9-13(15)17/h1-9H. The molecule has 0 aliphatic heterocycles. The third-order valence-electron chi connectivity index (χ3n) is 2.71. The molecule has 3 rings (SSSR count). The smallest absolute Gasteiger partial charge is 0.128 e. The molecule has 0 aliphatic carbocycles. The summed E-state index contributed by atoms with van der Waals surface area (Å²) in [4.78, 5) is 4.34. The number of para-hydroxylation sites is 1. The van der Waals surface area contributed by atoms with Crippen molar-refractivity contribution in [1.29, 1.82) is 0 Å². The fourth-order valence-corrected chi connectivity index (χ4v) is 2.43. The summed E-state index contributed by atoms with van der Waals surface area (Å²) >= 11 is 8.47. The van der Waals surface area contributed by atoms with Crippen LogP contribution in [-0.4, -0.2) is 4.98 Å². The van der Waals surface area contributed by atoms with E-state index in [-0.39, 0.29) is 0 Å². The zero-order valence-corrected chi connectivity index (χ0v) is 12.7. The maximum Gasteiger partial charge on any atom is 0.128 e. The van der Waals surface area contributed by atoms with Gasteiger partial charge in [-0.05, 0) is 52.9 Å². The quantitative estimate of drug-likeness (QED) is 0.563. The van der Waals surface area contributed by atoms with Crippen molar-refractivity contribution in [3.8, 4) is 11.5 Å². The molecule has 0 amide bonds. The number of fused-ring (bicyclic) bond motifs is 1.